The molecule has 2 saturated heterocycles. The Morgan fingerprint density at radius 2 is 1.81 bits per heavy atom. The molecule has 0 amide bonds. The first-order valence-corrected chi connectivity index (χ1v) is 7.42. The standard InChI is InChI=1S/C10H17NO4S/c12-5-8-1-3-11(4-2-8)9-6-16(14,15)7-10(9)13/h5,8-10,13H,1-4,6-7H2. The summed E-state index contributed by atoms with van der Waals surface area (Å²) < 4.78 is 22.7. The SMILES string of the molecule is O=CC1CCN(C2CS(=O)(=O)CC2O)CC1. The number of carbonyl (C=O) groups excluding carboxylic acids is 1. The second kappa shape index (κ2) is 4.43. The zero-order chi connectivity index (χ0) is 11.8. The minimum Gasteiger partial charge on any atom is -0.390 e. The zero-order valence-electron chi connectivity index (χ0n) is 9.08. The van der Waals surface area contributed by atoms with E-state index in [1.54, 1.807) is 0 Å². The first kappa shape index (κ1) is 12.0. The second-order valence-corrected chi connectivity index (χ2v) is 6.87. The molecule has 0 spiro atoms. The number of carbonyl (C=O) groups is 1. The normalized spacial score (nSPS) is 36.3. The van der Waals surface area contributed by atoms with E-state index in [-0.39, 0.29) is 23.5 Å². The highest BCUT2D eigenvalue weighted by Crippen LogP contribution is 2.23. The summed E-state index contributed by atoms with van der Waals surface area (Å²) in [6, 6.07) is -0.266. The highest BCUT2D eigenvalue weighted by Gasteiger charge is 2.40. The molecule has 0 aromatic carbocycles. The molecule has 5 nitrogen and oxygen atoms in total. The van der Waals surface area contributed by atoms with Gasteiger partial charge in [-0.1, -0.05) is 0 Å². The van der Waals surface area contributed by atoms with E-state index >= 15 is 0 Å². The third-order valence-corrected chi connectivity index (χ3v) is 5.23. The molecule has 0 aliphatic carbocycles. The van der Waals surface area contributed by atoms with Gasteiger partial charge in [-0.25, -0.2) is 8.42 Å². The Balaban J connectivity index is 1.97. The molecule has 2 aliphatic rings. The minimum atomic E-state index is -3.07. The number of likely N-dealkylation sites (tertiary alicyclic amines) is 1. The number of aldehydes is 1. The van der Waals surface area contributed by atoms with Crippen molar-refractivity contribution < 1.29 is 18.3 Å². The third kappa shape index (κ3) is 2.44. The number of hydrogen-bond donors (Lipinski definition) is 1. The van der Waals surface area contributed by atoms with Crippen LogP contribution in [0.4, 0.5) is 0 Å². The summed E-state index contributed by atoms with van der Waals surface area (Å²) in [5.74, 6) is 0.0389. The van der Waals surface area contributed by atoms with E-state index in [1.807, 2.05) is 4.90 Å². The number of aliphatic hydroxyl groups excluding tert-OH is 1. The van der Waals surface area contributed by atoms with Crippen molar-refractivity contribution in [2.75, 3.05) is 24.6 Å². The first-order chi connectivity index (χ1) is 7.52. The van der Waals surface area contributed by atoms with Gasteiger partial charge >= 0.3 is 0 Å². The maximum Gasteiger partial charge on any atom is 0.154 e. The number of aliphatic hydroxyl groups is 1. The Morgan fingerprint density at radius 3 is 2.25 bits per heavy atom. The van der Waals surface area contributed by atoms with Gasteiger partial charge in [-0.2, -0.15) is 0 Å². The van der Waals surface area contributed by atoms with Crippen LogP contribution in [0.5, 0.6) is 0 Å². The molecule has 0 aromatic rings. The monoisotopic (exact) mass is 247 g/mol. The predicted molar refractivity (Wildman–Crippen MR) is 58.8 cm³/mol. The van der Waals surface area contributed by atoms with Crippen LogP contribution in [0.25, 0.3) is 0 Å². The van der Waals surface area contributed by atoms with Crippen molar-refractivity contribution in [3.8, 4) is 0 Å². The third-order valence-electron chi connectivity index (χ3n) is 3.53. The largest absolute Gasteiger partial charge is 0.390 e. The molecule has 0 bridgehead atoms. The van der Waals surface area contributed by atoms with Gasteiger partial charge in [0.15, 0.2) is 9.84 Å². The molecule has 92 valence electrons. The van der Waals surface area contributed by atoms with E-state index in [9.17, 15) is 18.3 Å². The van der Waals surface area contributed by atoms with Crippen molar-refractivity contribution in [2.24, 2.45) is 5.92 Å². The van der Waals surface area contributed by atoms with Gasteiger partial charge < -0.3 is 9.90 Å². The fourth-order valence-corrected chi connectivity index (χ4v) is 4.38. The van der Waals surface area contributed by atoms with Gasteiger partial charge in [0.25, 0.3) is 0 Å². The molecule has 0 aromatic heterocycles. The van der Waals surface area contributed by atoms with Crippen LogP contribution in [-0.2, 0) is 14.6 Å². The van der Waals surface area contributed by atoms with E-state index in [2.05, 4.69) is 0 Å². The summed E-state index contributed by atoms with van der Waals surface area (Å²) in [5.41, 5.74) is 0. The summed E-state index contributed by atoms with van der Waals surface area (Å²) in [4.78, 5) is 12.6. The Labute approximate surface area is 95.4 Å². The van der Waals surface area contributed by atoms with Gasteiger partial charge in [0, 0.05) is 5.92 Å². The Hall–Kier alpha value is -0.460. The molecule has 0 saturated carbocycles. The quantitative estimate of drug-likeness (QED) is 0.637. The van der Waals surface area contributed by atoms with Gasteiger partial charge in [-0.15, -0.1) is 0 Å². The fraction of sp³-hybridized carbons (Fsp3) is 0.900. The van der Waals surface area contributed by atoms with Crippen molar-refractivity contribution in [3.05, 3.63) is 0 Å². The second-order valence-electron chi connectivity index (χ2n) is 4.72. The van der Waals surface area contributed by atoms with Gasteiger partial charge in [-0.05, 0) is 25.9 Å². The average Bonchev–Trinajstić information content (AvgIpc) is 2.52. The van der Waals surface area contributed by atoms with Crippen LogP contribution in [0.2, 0.25) is 0 Å². The smallest absolute Gasteiger partial charge is 0.154 e. The van der Waals surface area contributed by atoms with Crippen molar-refractivity contribution >= 4 is 16.1 Å². The first-order valence-electron chi connectivity index (χ1n) is 5.59. The van der Waals surface area contributed by atoms with Crippen molar-refractivity contribution in [1.82, 2.24) is 4.90 Å². The molecular formula is C10H17NO4S. The highest BCUT2D eigenvalue weighted by molar-refractivity contribution is 7.91. The molecule has 2 aliphatic heterocycles. The van der Waals surface area contributed by atoms with E-state index in [4.69, 9.17) is 0 Å². The van der Waals surface area contributed by atoms with Crippen molar-refractivity contribution in [2.45, 2.75) is 25.0 Å². The van der Waals surface area contributed by atoms with Crippen molar-refractivity contribution in [1.29, 1.82) is 0 Å². The summed E-state index contributed by atoms with van der Waals surface area (Å²) in [6.07, 6.45) is 1.75. The molecule has 2 rings (SSSR count). The van der Waals surface area contributed by atoms with Crippen LogP contribution in [0, 0.1) is 5.92 Å². The maximum atomic E-state index is 11.4. The lowest BCUT2D eigenvalue weighted by Gasteiger charge is -2.35. The van der Waals surface area contributed by atoms with Crippen molar-refractivity contribution in [3.63, 3.8) is 0 Å². The molecule has 2 fully saturated rings. The average molecular weight is 247 g/mol. The molecule has 1 N–H and O–H groups in total. The summed E-state index contributed by atoms with van der Waals surface area (Å²) in [7, 11) is -3.07. The Bertz CT molecular complexity index is 359. The number of nitrogens with zero attached hydrogens (tertiary/aromatic N) is 1. The molecule has 16 heavy (non-hydrogen) atoms. The topological polar surface area (TPSA) is 74.7 Å². The lowest BCUT2D eigenvalue weighted by molar-refractivity contribution is -0.112. The molecule has 2 unspecified atom stereocenters. The van der Waals surface area contributed by atoms with Crippen LogP contribution in [0.1, 0.15) is 12.8 Å². The predicted octanol–water partition coefficient (Wildman–Crippen LogP) is -0.945. The van der Waals surface area contributed by atoms with E-state index in [0.29, 0.717) is 13.1 Å². The summed E-state index contributed by atoms with van der Waals surface area (Å²) in [5, 5.41) is 9.71. The number of rotatable bonds is 2. The molecule has 6 heteroatoms. The fourth-order valence-electron chi connectivity index (χ4n) is 2.55. The van der Waals surface area contributed by atoms with Crippen LogP contribution in [0.15, 0.2) is 0 Å². The molecule has 2 atom stereocenters. The van der Waals surface area contributed by atoms with Gasteiger partial charge in [-0.3, -0.25) is 4.90 Å². The molecule has 2 heterocycles. The summed E-state index contributed by atoms with van der Waals surface area (Å²) >= 11 is 0. The van der Waals surface area contributed by atoms with Gasteiger partial charge in [0.05, 0.1) is 23.7 Å². The zero-order valence-corrected chi connectivity index (χ0v) is 9.90. The lowest BCUT2D eigenvalue weighted by atomic mass is 9.97. The number of piperidine rings is 1. The maximum absolute atomic E-state index is 11.4. The Kier molecular flexibility index (Phi) is 3.32. The van der Waals surface area contributed by atoms with Crippen LogP contribution < -0.4 is 0 Å². The number of hydrogen-bond acceptors (Lipinski definition) is 5. The molecular weight excluding hydrogens is 230 g/mol. The minimum absolute atomic E-state index is 0.0555. The highest BCUT2D eigenvalue weighted by atomic mass is 32.2. The van der Waals surface area contributed by atoms with Crippen LogP contribution >= 0.6 is 0 Å². The van der Waals surface area contributed by atoms with E-state index in [1.165, 1.54) is 0 Å². The molecule has 0 radical (unpaired) electrons. The van der Waals surface area contributed by atoms with E-state index in [0.717, 1.165) is 19.1 Å². The lowest BCUT2D eigenvalue weighted by Crippen LogP contribution is -2.47. The van der Waals surface area contributed by atoms with Crippen LogP contribution in [0.3, 0.4) is 0 Å². The number of sulfone groups is 1. The van der Waals surface area contributed by atoms with E-state index < -0.39 is 15.9 Å². The summed E-state index contributed by atoms with van der Waals surface area (Å²) in [6.45, 7) is 1.42. The van der Waals surface area contributed by atoms with Crippen LogP contribution in [-0.4, -0.2) is 61.5 Å². The van der Waals surface area contributed by atoms with Gasteiger partial charge in [0.2, 0.25) is 0 Å². The van der Waals surface area contributed by atoms with Gasteiger partial charge in [0.1, 0.15) is 6.29 Å². The Morgan fingerprint density at radius 1 is 1.19 bits per heavy atom.